The number of carbonyl (C=O) groups is 2. The first-order chi connectivity index (χ1) is 10.0. The van der Waals surface area contributed by atoms with E-state index in [-0.39, 0.29) is 5.56 Å². The van der Waals surface area contributed by atoms with Gasteiger partial charge in [0.2, 0.25) is 5.91 Å². The number of nitrogens with zero attached hydrogens (tertiary/aromatic N) is 1. The first-order valence-electron chi connectivity index (χ1n) is 6.96. The molecule has 1 aromatic carbocycles. The molecule has 0 spiro atoms. The Morgan fingerprint density at radius 3 is 2.48 bits per heavy atom. The molecular formula is C15H17F2NO3. The molecule has 4 nitrogen and oxygen atoms in total. The maximum atomic E-state index is 13.6. The van der Waals surface area contributed by atoms with Gasteiger partial charge in [-0.2, -0.15) is 0 Å². The summed E-state index contributed by atoms with van der Waals surface area (Å²) in [5, 5.41) is 9.22. The van der Waals surface area contributed by atoms with Crippen LogP contribution in [0.1, 0.15) is 31.2 Å². The van der Waals surface area contributed by atoms with Crippen LogP contribution >= 0.6 is 0 Å². The summed E-state index contributed by atoms with van der Waals surface area (Å²) in [6.45, 7) is 0.311. The fourth-order valence-electron chi connectivity index (χ4n) is 2.62. The minimum Gasteiger partial charge on any atom is -0.480 e. The van der Waals surface area contributed by atoms with E-state index in [1.54, 1.807) is 0 Å². The molecule has 1 unspecified atom stereocenters. The molecule has 0 bridgehead atoms. The third-order valence-corrected chi connectivity index (χ3v) is 3.75. The molecular weight excluding hydrogens is 280 g/mol. The number of likely N-dealkylation sites (tertiary alicyclic amines) is 1. The van der Waals surface area contributed by atoms with Gasteiger partial charge in [-0.15, -0.1) is 0 Å². The van der Waals surface area contributed by atoms with E-state index in [0.717, 1.165) is 25.0 Å². The largest absolute Gasteiger partial charge is 0.480 e. The number of halogens is 2. The Balaban J connectivity index is 2.19. The molecule has 0 saturated carbocycles. The second kappa shape index (κ2) is 6.65. The van der Waals surface area contributed by atoms with Crippen molar-refractivity contribution < 1.29 is 23.5 Å². The van der Waals surface area contributed by atoms with Crippen LogP contribution in [0, 0.1) is 11.6 Å². The van der Waals surface area contributed by atoms with E-state index in [9.17, 15) is 23.5 Å². The molecule has 1 heterocycles. The molecule has 0 radical (unpaired) electrons. The Bertz CT molecular complexity index is 527. The van der Waals surface area contributed by atoms with Gasteiger partial charge in [0.15, 0.2) is 0 Å². The van der Waals surface area contributed by atoms with Crippen molar-refractivity contribution >= 4 is 11.9 Å². The normalized spacial score (nSPS) is 19.1. The molecule has 21 heavy (non-hydrogen) atoms. The highest BCUT2D eigenvalue weighted by molar-refractivity contribution is 5.85. The van der Waals surface area contributed by atoms with Gasteiger partial charge in [0.25, 0.3) is 0 Å². The van der Waals surface area contributed by atoms with Crippen LogP contribution in [0.4, 0.5) is 8.78 Å². The summed E-state index contributed by atoms with van der Waals surface area (Å²) >= 11 is 0. The standard InChI is InChI=1S/C15H17F2NO3/c16-11-5-4-6-12(17)10(11)9-14(19)18-8-3-1-2-7-13(18)15(20)21/h4-6,13H,1-3,7-9H2,(H,20,21). The number of carbonyl (C=O) groups excluding carboxylic acids is 1. The van der Waals surface area contributed by atoms with Crippen molar-refractivity contribution in [1.29, 1.82) is 0 Å². The number of rotatable bonds is 3. The van der Waals surface area contributed by atoms with Gasteiger partial charge in [0.1, 0.15) is 17.7 Å². The van der Waals surface area contributed by atoms with E-state index in [1.165, 1.54) is 11.0 Å². The third kappa shape index (κ3) is 3.56. The minimum absolute atomic E-state index is 0.309. The van der Waals surface area contributed by atoms with Gasteiger partial charge >= 0.3 is 5.97 Å². The third-order valence-electron chi connectivity index (χ3n) is 3.75. The van der Waals surface area contributed by atoms with Crippen molar-refractivity contribution in [3.05, 3.63) is 35.4 Å². The van der Waals surface area contributed by atoms with Gasteiger partial charge in [-0.25, -0.2) is 13.6 Å². The summed E-state index contributed by atoms with van der Waals surface area (Å²) in [6, 6.07) is 2.49. The van der Waals surface area contributed by atoms with E-state index in [0.29, 0.717) is 19.4 Å². The maximum absolute atomic E-state index is 13.6. The zero-order chi connectivity index (χ0) is 15.4. The molecule has 0 aromatic heterocycles. The highest BCUT2D eigenvalue weighted by Gasteiger charge is 2.31. The lowest BCUT2D eigenvalue weighted by Gasteiger charge is -2.27. The lowest BCUT2D eigenvalue weighted by molar-refractivity contribution is -0.150. The van der Waals surface area contributed by atoms with Crippen LogP contribution in [0.3, 0.4) is 0 Å². The van der Waals surface area contributed by atoms with E-state index >= 15 is 0 Å². The molecule has 1 aromatic rings. The first-order valence-corrected chi connectivity index (χ1v) is 6.96. The van der Waals surface area contributed by atoms with Gasteiger partial charge in [0.05, 0.1) is 6.42 Å². The van der Waals surface area contributed by atoms with Gasteiger partial charge in [0, 0.05) is 12.1 Å². The van der Waals surface area contributed by atoms with Crippen LogP contribution in [-0.2, 0) is 16.0 Å². The Hall–Kier alpha value is -1.98. The Kier molecular flexibility index (Phi) is 4.88. The van der Waals surface area contributed by atoms with Gasteiger partial charge in [-0.05, 0) is 25.0 Å². The zero-order valence-electron chi connectivity index (χ0n) is 11.5. The van der Waals surface area contributed by atoms with Crippen molar-refractivity contribution in [2.45, 2.75) is 38.1 Å². The minimum atomic E-state index is -1.07. The van der Waals surface area contributed by atoms with Gasteiger partial charge in [-0.1, -0.05) is 18.9 Å². The smallest absolute Gasteiger partial charge is 0.326 e. The quantitative estimate of drug-likeness (QED) is 0.932. The predicted octanol–water partition coefficient (Wildman–Crippen LogP) is 2.36. The van der Waals surface area contributed by atoms with Gasteiger partial charge in [-0.3, -0.25) is 4.79 Å². The summed E-state index contributed by atoms with van der Waals surface area (Å²) in [7, 11) is 0. The Morgan fingerprint density at radius 1 is 1.19 bits per heavy atom. The lowest BCUT2D eigenvalue weighted by Crippen LogP contribution is -2.45. The number of aliphatic carboxylic acids is 1. The maximum Gasteiger partial charge on any atom is 0.326 e. The number of hydrogen-bond donors (Lipinski definition) is 1. The Morgan fingerprint density at radius 2 is 1.86 bits per heavy atom. The number of carboxylic acids is 1. The van der Waals surface area contributed by atoms with Crippen molar-refractivity contribution in [3.63, 3.8) is 0 Å². The molecule has 1 fully saturated rings. The van der Waals surface area contributed by atoms with Crippen LogP contribution in [0.15, 0.2) is 18.2 Å². The number of hydrogen-bond acceptors (Lipinski definition) is 2. The second-order valence-electron chi connectivity index (χ2n) is 5.17. The van der Waals surface area contributed by atoms with Crippen LogP contribution in [0.5, 0.6) is 0 Å². The monoisotopic (exact) mass is 297 g/mol. The second-order valence-corrected chi connectivity index (χ2v) is 5.17. The van der Waals surface area contributed by atoms with E-state index in [4.69, 9.17) is 0 Å². The van der Waals surface area contributed by atoms with Crippen LogP contribution in [-0.4, -0.2) is 34.5 Å². The van der Waals surface area contributed by atoms with E-state index in [1.807, 2.05) is 0 Å². The molecule has 1 atom stereocenters. The first kappa shape index (κ1) is 15.4. The molecule has 1 aliphatic heterocycles. The predicted molar refractivity (Wildman–Crippen MR) is 71.7 cm³/mol. The lowest BCUT2D eigenvalue weighted by atomic mass is 10.1. The Labute approximate surface area is 121 Å². The highest BCUT2D eigenvalue weighted by atomic mass is 19.1. The van der Waals surface area contributed by atoms with Gasteiger partial charge < -0.3 is 10.0 Å². The average molecular weight is 297 g/mol. The van der Waals surface area contributed by atoms with Crippen LogP contribution < -0.4 is 0 Å². The van der Waals surface area contributed by atoms with Crippen molar-refractivity contribution in [2.24, 2.45) is 0 Å². The topological polar surface area (TPSA) is 57.6 Å². The molecule has 6 heteroatoms. The average Bonchev–Trinajstić information content (AvgIpc) is 2.68. The molecule has 1 amide bonds. The van der Waals surface area contributed by atoms with Crippen molar-refractivity contribution in [2.75, 3.05) is 6.54 Å². The fraction of sp³-hybridized carbons (Fsp3) is 0.467. The van der Waals surface area contributed by atoms with E-state index in [2.05, 4.69) is 0 Å². The summed E-state index contributed by atoms with van der Waals surface area (Å²) in [6.07, 6.45) is 2.20. The number of amides is 1. The summed E-state index contributed by atoms with van der Waals surface area (Å²) in [5.41, 5.74) is -0.309. The number of carboxylic acid groups (broad SMARTS) is 1. The van der Waals surface area contributed by atoms with Crippen LogP contribution in [0.25, 0.3) is 0 Å². The summed E-state index contributed by atoms with van der Waals surface area (Å²) < 4.78 is 27.2. The molecule has 114 valence electrons. The summed E-state index contributed by atoms with van der Waals surface area (Å²) in [4.78, 5) is 24.8. The molecule has 1 saturated heterocycles. The molecule has 1 N–H and O–H groups in total. The molecule has 2 rings (SSSR count). The van der Waals surface area contributed by atoms with E-state index < -0.39 is 36.0 Å². The zero-order valence-corrected chi connectivity index (χ0v) is 11.5. The van der Waals surface area contributed by atoms with Crippen molar-refractivity contribution in [3.8, 4) is 0 Å². The summed E-state index contributed by atoms with van der Waals surface area (Å²) in [5.74, 6) is -3.19. The molecule has 1 aliphatic rings. The van der Waals surface area contributed by atoms with Crippen LogP contribution in [0.2, 0.25) is 0 Å². The highest BCUT2D eigenvalue weighted by Crippen LogP contribution is 2.20. The van der Waals surface area contributed by atoms with Crippen molar-refractivity contribution in [1.82, 2.24) is 4.90 Å². The number of benzene rings is 1. The molecule has 0 aliphatic carbocycles. The SMILES string of the molecule is O=C(O)C1CCCCCN1C(=O)Cc1c(F)cccc1F. The fourth-order valence-corrected chi connectivity index (χ4v) is 2.62.